The van der Waals surface area contributed by atoms with Crippen LogP contribution in [0.2, 0.25) is 25.2 Å². The van der Waals surface area contributed by atoms with Gasteiger partial charge in [0, 0.05) is 5.92 Å². The molecular weight excluding hydrogens is 510 g/mol. The summed E-state index contributed by atoms with van der Waals surface area (Å²) in [5, 5.41) is 0. The Labute approximate surface area is 212 Å². The van der Waals surface area contributed by atoms with Crippen LogP contribution in [0.3, 0.4) is 0 Å². The molecule has 32 heavy (non-hydrogen) atoms. The average Bonchev–Trinajstić information content (AvgIpc) is 3.05. The Balaban J connectivity index is 1.92. The fourth-order valence-corrected chi connectivity index (χ4v) is 10.1. The van der Waals surface area contributed by atoms with Crippen molar-refractivity contribution in [2.75, 3.05) is 0 Å². The van der Waals surface area contributed by atoms with Crippen LogP contribution < -0.4 is 0 Å². The van der Waals surface area contributed by atoms with E-state index in [4.69, 9.17) is 44.3 Å². The van der Waals surface area contributed by atoms with E-state index in [1.807, 2.05) is 13.1 Å². The fourth-order valence-electron chi connectivity index (χ4n) is 5.55. The second-order valence-corrected chi connectivity index (χ2v) is 25.5. The van der Waals surface area contributed by atoms with Gasteiger partial charge in [-0.15, -0.1) is 44.3 Å². The van der Waals surface area contributed by atoms with Gasteiger partial charge in [-0.1, -0.05) is 84.9 Å². The van der Waals surface area contributed by atoms with E-state index in [9.17, 15) is 0 Å². The quantitative estimate of drug-likeness (QED) is 0.208. The van der Waals surface area contributed by atoms with Gasteiger partial charge in [0.2, 0.25) is 13.4 Å². The van der Waals surface area contributed by atoms with Gasteiger partial charge in [-0.2, -0.15) is 0 Å². The van der Waals surface area contributed by atoms with Crippen LogP contribution in [0.25, 0.3) is 0 Å². The summed E-state index contributed by atoms with van der Waals surface area (Å²) in [4.78, 5) is 0. The van der Waals surface area contributed by atoms with Gasteiger partial charge in [0.25, 0.3) is 0 Å². The van der Waals surface area contributed by atoms with E-state index in [2.05, 4.69) is 84.9 Å². The highest BCUT2D eigenvalue weighted by atomic mass is 35.7. The Kier molecular flexibility index (Phi) is 7.51. The van der Waals surface area contributed by atoms with Crippen molar-refractivity contribution < 1.29 is 0 Å². The van der Waals surface area contributed by atoms with Crippen LogP contribution >= 0.6 is 44.3 Å². The molecule has 0 aliphatic heterocycles. The van der Waals surface area contributed by atoms with Crippen LogP contribution in [0, 0.1) is 5.92 Å². The maximum Gasteiger partial charge on any atom is 0.249 e. The molecule has 6 heteroatoms. The topological polar surface area (TPSA) is 0 Å². The highest BCUT2D eigenvalue weighted by Crippen LogP contribution is 2.59. The predicted octanol–water partition coefficient (Wildman–Crippen LogP) is 9.41. The van der Waals surface area contributed by atoms with E-state index in [1.165, 1.54) is 22.3 Å². The van der Waals surface area contributed by atoms with Crippen molar-refractivity contribution in [1.29, 1.82) is 0 Å². The molecule has 0 aromatic heterocycles. The summed E-state index contributed by atoms with van der Waals surface area (Å²) >= 11 is 27.2. The highest BCUT2D eigenvalue weighted by molar-refractivity contribution is 7.45. The van der Waals surface area contributed by atoms with Gasteiger partial charge >= 0.3 is 0 Å². The lowest BCUT2D eigenvalue weighted by molar-refractivity contribution is 0.374. The zero-order chi connectivity index (χ0) is 22.9. The highest BCUT2D eigenvalue weighted by Gasteiger charge is 2.49. The Morgan fingerprint density at radius 3 is 1.78 bits per heavy atom. The Hall–Kier alpha value is -0.746. The van der Waals surface area contributed by atoms with Gasteiger partial charge in [-0.3, -0.25) is 0 Å². The van der Waals surface area contributed by atoms with Crippen LogP contribution in [-0.4, -0.2) is 13.4 Å². The van der Waals surface area contributed by atoms with Crippen molar-refractivity contribution in [3.8, 4) is 0 Å². The van der Waals surface area contributed by atoms with Crippen molar-refractivity contribution in [1.82, 2.24) is 0 Å². The standard InChI is InChI=1S/C26H28Cl4Si2/c1-31(27,28)17-23(19-11-5-3-6-12-19)26-24(18-32(2,29)30)21-15-9-10-16-22(21)25(26)20-13-7-4-8-14-20/h3-16,23-26H,17-18H2,1-2H3/t23-,24+,25-,26-/m0/s1. The number of hydrogen-bond acceptors (Lipinski definition) is 0. The van der Waals surface area contributed by atoms with Gasteiger partial charge in [0.1, 0.15) is 0 Å². The van der Waals surface area contributed by atoms with Crippen LogP contribution in [-0.2, 0) is 0 Å². The number of benzene rings is 3. The fraction of sp³-hybridized carbons (Fsp3) is 0.308. The first-order valence-electron chi connectivity index (χ1n) is 11.1. The van der Waals surface area contributed by atoms with Crippen molar-refractivity contribution >= 4 is 57.7 Å². The average molecular weight is 538 g/mol. The molecule has 0 amide bonds. The number of hydrogen-bond donors (Lipinski definition) is 0. The van der Waals surface area contributed by atoms with Crippen molar-refractivity contribution in [2.24, 2.45) is 5.92 Å². The Bertz CT molecular complexity index is 1030. The van der Waals surface area contributed by atoms with E-state index < -0.39 is 13.4 Å². The third-order valence-electron chi connectivity index (χ3n) is 6.59. The van der Waals surface area contributed by atoms with Crippen LogP contribution in [0.1, 0.15) is 40.0 Å². The van der Waals surface area contributed by atoms with Crippen molar-refractivity contribution in [2.45, 2.75) is 42.9 Å². The largest absolute Gasteiger partial charge is 0.249 e. The van der Waals surface area contributed by atoms with Crippen molar-refractivity contribution in [3.05, 3.63) is 107 Å². The minimum absolute atomic E-state index is 0.218. The van der Waals surface area contributed by atoms with Crippen LogP contribution in [0.15, 0.2) is 84.9 Å². The summed E-state index contributed by atoms with van der Waals surface area (Å²) < 4.78 is 0. The van der Waals surface area contributed by atoms with Crippen LogP contribution in [0.5, 0.6) is 0 Å². The molecule has 0 saturated carbocycles. The number of halogens is 4. The summed E-state index contributed by atoms with van der Waals surface area (Å²) in [6.07, 6.45) is 0. The maximum atomic E-state index is 6.80. The molecule has 4 rings (SSSR count). The Morgan fingerprint density at radius 1 is 0.688 bits per heavy atom. The summed E-state index contributed by atoms with van der Waals surface area (Å²) in [6.45, 7) is -0.718. The van der Waals surface area contributed by atoms with E-state index in [-0.39, 0.29) is 23.7 Å². The van der Waals surface area contributed by atoms with Gasteiger partial charge < -0.3 is 0 Å². The van der Waals surface area contributed by atoms with Gasteiger partial charge in [0.15, 0.2) is 0 Å². The molecule has 0 unspecified atom stereocenters. The van der Waals surface area contributed by atoms with Gasteiger partial charge in [-0.25, -0.2) is 0 Å². The smallest absolute Gasteiger partial charge is 0.146 e. The normalized spacial score (nSPS) is 21.9. The zero-order valence-electron chi connectivity index (χ0n) is 18.3. The first-order valence-corrected chi connectivity index (χ1v) is 20.5. The number of rotatable bonds is 7. The summed E-state index contributed by atoms with van der Waals surface area (Å²) in [5.74, 6) is 1.01. The molecule has 0 bridgehead atoms. The molecule has 0 nitrogen and oxygen atoms in total. The minimum atomic E-state index is -2.40. The lowest BCUT2D eigenvalue weighted by atomic mass is 9.73. The second-order valence-electron chi connectivity index (χ2n) is 9.27. The molecular formula is C26H28Cl4Si2. The summed E-state index contributed by atoms with van der Waals surface area (Å²) in [5.41, 5.74) is 5.38. The molecule has 0 N–H and O–H groups in total. The first-order chi connectivity index (χ1) is 15.1. The zero-order valence-corrected chi connectivity index (χ0v) is 23.3. The summed E-state index contributed by atoms with van der Waals surface area (Å²) in [6, 6.07) is 32.0. The third-order valence-corrected chi connectivity index (χ3v) is 10.8. The molecule has 3 aromatic rings. The molecule has 168 valence electrons. The minimum Gasteiger partial charge on any atom is -0.146 e. The van der Waals surface area contributed by atoms with Crippen LogP contribution in [0.4, 0.5) is 0 Å². The molecule has 0 spiro atoms. The molecule has 4 atom stereocenters. The first kappa shape index (κ1) is 24.4. The molecule has 0 fully saturated rings. The number of fused-ring (bicyclic) bond motifs is 1. The molecule has 1 aliphatic carbocycles. The van der Waals surface area contributed by atoms with Gasteiger partial charge in [-0.05, 0) is 65.2 Å². The molecule has 3 aromatic carbocycles. The molecule has 1 aliphatic rings. The molecule has 0 heterocycles. The SMILES string of the molecule is C[Si](Cl)(Cl)C[C@@H]1c2ccccc2[C@H](c2ccccc2)[C@H]1[C@@H](C[Si](C)(Cl)Cl)c1ccccc1. The lowest BCUT2D eigenvalue weighted by Gasteiger charge is -2.37. The maximum absolute atomic E-state index is 6.80. The van der Waals surface area contributed by atoms with E-state index in [1.54, 1.807) is 0 Å². The van der Waals surface area contributed by atoms with E-state index in [0.29, 0.717) is 0 Å². The molecule has 0 saturated heterocycles. The van der Waals surface area contributed by atoms with Gasteiger partial charge in [0.05, 0.1) is 0 Å². The predicted molar refractivity (Wildman–Crippen MR) is 146 cm³/mol. The monoisotopic (exact) mass is 536 g/mol. The second kappa shape index (κ2) is 9.86. The third kappa shape index (κ3) is 5.66. The van der Waals surface area contributed by atoms with Crippen molar-refractivity contribution in [3.63, 3.8) is 0 Å². The van der Waals surface area contributed by atoms with E-state index >= 15 is 0 Å². The van der Waals surface area contributed by atoms with E-state index in [0.717, 1.165) is 12.1 Å². The molecule has 0 radical (unpaired) electrons. The summed E-state index contributed by atoms with van der Waals surface area (Å²) in [7, 11) is 0. The Morgan fingerprint density at radius 2 is 1.22 bits per heavy atom. The lowest BCUT2D eigenvalue weighted by Crippen LogP contribution is -2.30.